The molecule has 0 saturated carbocycles. The van der Waals surface area contributed by atoms with E-state index in [0.717, 1.165) is 0 Å². The van der Waals surface area contributed by atoms with Gasteiger partial charge in [-0.1, -0.05) is 0 Å². The minimum Gasteiger partial charge on any atom is -0.494 e. The average Bonchev–Trinajstić information content (AvgIpc) is 2.61. The van der Waals surface area contributed by atoms with Crippen LogP contribution in [-0.2, 0) is 10.8 Å². The van der Waals surface area contributed by atoms with Crippen LogP contribution in [0.2, 0.25) is 0 Å². The summed E-state index contributed by atoms with van der Waals surface area (Å²) in [5.41, 5.74) is 0.906. The number of carboxylic acids is 1. The van der Waals surface area contributed by atoms with Gasteiger partial charge in [-0.05, 0) is 61.4 Å². The lowest BCUT2D eigenvalue weighted by atomic mass is 10.1. The lowest BCUT2D eigenvalue weighted by Crippen LogP contribution is -2.15. The zero-order chi connectivity index (χ0) is 19.1. The summed E-state index contributed by atoms with van der Waals surface area (Å²) in [5, 5.41) is 8.81. The minimum absolute atomic E-state index is 0.113. The summed E-state index contributed by atoms with van der Waals surface area (Å²) in [7, 11) is -1.33. The van der Waals surface area contributed by atoms with E-state index in [1.165, 1.54) is 30.3 Å². The highest BCUT2D eigenvalue weighted by atomic mass is 32.2. The van der Waals surface area contributed by atoms with Gasteiger partial charge < -0.3 is 9.84 Å². The number of Topliss-reactive ketones (excluding diaryl/α,β-unsaturated/α-hetero) is 1. The molecule has 138 valence electrons. The molecule has 0 radical (unpaired) electrons. The summed E-state index contributed by atoms with van der Waals surface area (Å²) >= 11 is 0. The Bertz CT molecular complexity index is 817. The molecule has 0 fully saturated rings. The van der Waals surface area contributed by atoms with E-state index in [-0.39, 0.29) is 22.9 Å². The Morgan fingerprint density at radius 2 is 1.77 bits per heavy atom. The molecule has 0 amide bonds. The van der Waals surface area contributed by atoms with Crippen LogP contribution in [0.5, 0.6) is 5.75 Å². The third kappa shape index (κ3) is 5.77. The molecule has 0 spiro atoms. The predicted octanol–water partition coefficient (Wildman–Crippen LogP) is 3.23. The van der Waals surface area contributed by atoms with E-state index in [9.17, 15) is 18.2 Å². The molecule has 0 aliphatic carbocycles. The van der Waals surface area contributed by atoms with Crippen molar-refractivity contribution in [1.29, 1.82) is 0 Å². The average molecular weight is 378 g/mol. The fourth-order valence-electron chi connectivity index (χ4n) is 2.22. The monoisotopic (exact) mass is 378 g/mol. The number of ether oxygens (including phenoxy) is 1. The Balaban J connectivity index is 1.73. The van der Waals surface area contributed by atoms with Crippen LogP contribution in [0.4, 0.5) is 4.39 Å². The van der Waals surface area contributed by atoms with E-state index in [0.29, 0.717) is 35.7 Å². The van der Waals surface area contributed by atoms with Gasteiger partial charge in [0.1, 0.15) is 11.6 Å². The van der Waals surface area contributed by atoms with Crippen molar-refractivity contribution in [3.8, 4) is 5.75 Å². The van der Waals surface area contributed by atoms with Gasteiger partial charge in [-0.25, -0.2) is 9.18 Å². The number of aromatic carboxylic acids is 1. The lowest BCUT2D eigenvalue weighted by molar-refractivity contribution is 0.0696. The molecule has 2 aromatic rings. The Morgan fingerprint density at radius 1 is 1.12 bits per heavy atom. The molecule has 0 saturated heterocycles. The molecule has 1 atom stereocenters. The molecule has 2 aromatic carbocycles. The third-order valence-electron chi connectivity index (χ3n) is 3.66. The van der Waals surface area contributed by atoms with Crippen LogP contribution in [0.1, 0.15) is 32.7 Å². The van der Waals surface area contributed by atoms with Crippen LogP contribution in [0.25, 0.3) is 0 Å². The van der Waals surface area contributed by atoms with E-state index < -0.39 is 16.8 Å². The third-order valence-corrected chi connectivity index (χ3v) is 4.99. The van der Waals surface area contributed by atoms with Gasteiger partial charge in [0.2, 0.25) is 0 Å². The number of halogens is 1. The topological polar surface area (TPSA) is 80.7 Å². The van der Waals surface area contributed by atoms with Crippen LogP contribution in [-0.4, -0.2) is 39.2 Å². The van der Waals surface area contributed by atoms with Crippen molar-refractivity contribution in [2.45, 2.75) is 13.3 Å². The largest absolute Gasteiger partial charge is 0.494 e. The van der Waals surface area contributed by atoms with Crippen LogP contribution in [0, 0.1) is 12.7 Å². The predicted molar refractivity (Wildman–Crippen MR) is 96.9 cm³/mol. The summed E-state index contributed by atoms with van der Waals surface area (Å²) < 4.78 is 30.7. The first-order chi connectivity index (χ1) is 12.4. The zero-order valence-corrected chi connectivity index (χ0v) is 15.1. The summed E-state index contributed by atoms with van der Waals surface area (Å²) in [6.45, 7) is 1.88. The number of hydrogen-bond donors (Lipinski definition) is 1. The molecular weight excluding hydrogens is 359 g/mol. The number of carbonyl (C=O) groups excluding carboxylic acids is 1. The zero-order valence-electron chi connectivity index (χ0n) is 14.2. The van der Waals surface area contributed by atoms with Crippen LogP contribution >= 0.6 is 0 Å². The second-order valence-electron chi connectivity index (χ2n) is 5.71. The first-order valence-electron chi connectivity index (χ1n) is 7.97. The van der Waals surface area contributed by atoms with Crippen molar-refractivity contribution in [3.05, 3.63) is 65.0 Å². The standard InChI is InChI=1S/C19H19FO5S/c1-13-11-15(5-8-17(13)20)18(21)12-26(24)10-2-9-25-16-6-3-14(4-7-16)19(22)23/h3-8,11H,2,9-10,12H2,1H3,(H,22,23). The van der Waals surface area contributed by atoms with E-state index in [1.807, 2.05) is 0 Å². The molecule has 0 aliphatic rings. The molecule has 7 heteroatoms. The maximum absolute atomic E-state index is 13.2. The first-order valence-corrected chi connectivity index (χ1v) is 9.46. The highest BCUT2D eigenvalue weighted by molar-refractivity contribution is 7.85. The van der Waals surface area contributed by atoms with E-state index in [1.54, 1.807) is 19.1 Å². The number of benzene rings is 2. The highest BCUT2D eigenvalue weighted by Gasteiger charge is 2.12. The smallest absolute Gasteiger partial charge is 0.335 e. The van der Waals surface area contributed by atoms with Gasteiger partial charge in [-0.3, -0.25) is 9.00 Å². The summed E-state index contributed by atoms with van der Waals surface area (Å²) in [5.74, 6) is -0.947. The summed E-state index contributed by atoms with van der Waals surface area (Å²) in [4.78, 5) is 22.8. The number of ketones is 1. The van der Waals surface area contributed by atoms with E-state index >= 15 is 0 Å². The van der Waals surface area contributed by atoms with Gasteiger partial charge in [-0.2, -0.15) is 0 Å². The summed E-state index contributed by atoms with van der Waals surface area (Å²) in [6, 6.07) is 10.1. The molecule has 0 bridgehead atoms. The second-order valence-corrected chi connectivity index (χ2v) is 7.28. The van der Waals surface area contributed by atoms with Crippen LogP contribution in [0.15, 0.2) is 42.5 Å². The second kappa shape index (κ2) is 9.24. The van der Waals surface area contributed by atoms with Gasteiger partial charge in [-0.15, -0.1) is 0 Å². The molecule has 1 N–H and O–H groups in total. The minimum atomic E-state index is -1.33. The van der Waals surface area contributed by atoms with Crippen molar-refractivity contribution in [2.75, 3.05) is 18.1 Å². The Kier molecular flexibility index (Phi) is 7.03. The van der Waals surface area contributed by atoms with Crippen LogP contribution < -0.4 is 4.74 Å². The quantitative estimate of drug-likeness (QED) is 0.535. The van der Waals surface area contributed by atoms with Gasteiger partial charge in [0.05, 0.1) is 17.9 Å². The summed E-state index contributed by atoms with van der Waals surface area (Å²) in [6.07, 6.45) is 0.489. The number of hydrogen-bond acceptors (Lipinski definition) is 4. The Hall–Kier alpha value is -2.54. The number of aryl methyl sites for hydroxylation is 1. The SMILES string of the molecule is Cc1cc(C(=O)CS(=O)CCCOc2ccc(C(=O)O)cc2)ccc1F. The van der Waals surface area contributed by atoms with Gasteiger partial charge in [0.15, 0.2) is 5.78 Å². The van der Waals surface area contributed by atoms with Crippen molar-refractivity contribution < 1.29 is 28.0 Å². The molecule has 0 aliphatic heterocycles. The Labute approximate surface area is 153 Å². The molecule has 2 rings (SSSR count). The maximum atomic E-state index is 13.2. The first kappa shape index (κ1) is 19.8. The number of carboxylic acid groups (broad SMARTS) is 1. The fraction of sp³-hybridized carbons (Fsp3) is 0.263. The number of carbonyl (C=O) groups is 2. The fourth-order valence-corrected chi connectivity index (χ4v) is 3.27. The maximum Gasteiger partial charge on any atom is 0.335 e. The molecule has 1 unspecified atom stereocenters. The number of rotatable bonds is 9. The Morgan fingerprint density at radius 3 is 2.38 bits per heavy atom. The molecular formula is C19H19FO5S. The van der Waals surface area contributed by atoms with Crippen molar-refractivity contribution in [2.24, 2.45) is 0 Å². The molecule has 0 heterocycles. The van der Waals surface area contributed by atoms with Crippen molar-refractivity contribution >= 4 is 22.6 Å². The van der Waals surface area contributed by atoms with Gasteiger partial charge in [0.25, 0.3) is 0 Å². The van der Waals surface area contributed by atoms with Crippen LogP contribution in [0.3, 0.4) is 0 Å². The molecule has 0 aromatic heterocycles. The molecule has 26 heavy (non-hydrogen) atoms. The van der Waals surface area contributed by atoms with Crippen molar-refractivity contribution in [3.63, 3.8) is 0 Å². The highest BCUT2D eigenvalue weighted by Crippen LogP contribution is 2.13. The lowest BCUT2D eigenvalue weighted by Gasteiger charge is -2.07. The normalized spacial score (nSPS) is 11.8. The van der Waals surface area contributed by atoms with Gasteiger partial charge >= 0.3 is 5.97 Å². The van der Waals surface area contributed by atoms with Gasteiger partial charge in [0, 0.05) is 22.1 Å². The van der Waals surface area contributed by atoms with Crippen molar-refractivity contribution in [1.82, 2.24) is 0 Å². The van der Waals surface area contributed by atoms with E-state index in [2.05, 4.69) is 0 Å². The van der Waals surface area contributed by atoms with E-state index in [4.69, 9.17) is 9.84 Å². The molecule has 5 nitrogen and oxygen atoms in total.